The number of rotatable bonds is 0. The lowest BCUT2D eigenvalue weighted by atomic mass is 10.2. The topological polar surface area (TPSA) is 55.4 Å². The summed E-state index contributed by atoms with van der Waals surface area (Å²) in [6.45, 7) is 1.90. The third kappa shape index (κ3) is 0.665. The van der Waals surface area contributed by atoms with E-state index in [2.05, 4.69) is 16.0 Å². The smallest absolute Gasteiger partial charge is 0.116 e. The van der Waals surface area contributed by atoms with E-state index in [4.69, 9.17) is 5.26 Å². The zero-order chi connectivity index (χ0) is 7.84. The van der Waals surface area contributed by atoms with Crippen LogP contribution in [0.3, 0.4) is 0 Å². The Kier molecular flexibility index (Phi) is 1.04. The summed E-state index contributed by atoms with van der Waals surface area (Å²) in [5, 5.41) is 9.72. The summed E-state index contributed by atoms with van der Waals surface area (Å²) in [4.78, 5) is 6.09. The number of nitriles is 1. The van der Waals surface area contributed by atoms with Gasteiger partial charge in [0.1, 0.15) is 11.7 Å². The lowest BCUT2D eigenvalue weighted by Gasteiger charge is -1.81. The van der Waals surface area contributed by atoms with Gasteiger partial charge in [-0.05, 0) is 13.0 Å². The van der Waals surface area contributed by atoms with Crippen LogP contribution in [0, 0.1) is 18.3 Å². The van der Waals surface area contributed by atoms with Gasteiger partial charge in [0, 0.05) is 17.3 Å². The van der Waals surface area contributed by atoms with E-state index in [1.165, 1.54) is 0 Å². The van der Waals surface area contributed by atoms with Crippen molar-refractivity contribution in [2.45, 2.75) is 6.92 Å². The molecule has 0 aliphatic rings. The molecule has 11 heavy (non-hydrogen) atoms. The molecule has 3 heteroatoms. The van der Waals surface area contributed by atoms with Crippen molar-refractivity contribution in [1.29, 1.82) is 5.26 Å². The molecule has 0 unspecified atom stereocenters. The lowest BCUT2D eigenvalue weighted by Crippen LogP contribution is -1.74. The van der Waals surface area contributed by atoms with E-state index < -0.39 is 0 Å². The number of aromatic nitrogens is 2. The second-order valence-corrected chi connectivity index (χ2v) is 2.50. The second-order valence-electron chi connectivity index (χ2n) is 2.50. The van der Waals surface area contributed by atoms with Crippen LogP contribution in [0.2, 0.25) is 0 Å². The van der Waals surface area contributed by atoms with Gasteiger partial charge in [0.25, 0.3) is 0 Å². The number of H-pyrrole nitrogens is 2. The molecule has 2 aromatic heterocycles. The molecule has 2 aromatic rings. The van der Waals surface area contributed by atoms with Gasteiger partial charge >= 0.3 is 0 Å². The Labute approximate surface area is 63.7 Å². The second kappa shape index (κ2) is 1.89. The Bertz CT molecular complexity index is 428. The van der Waals surface area contributed by atoms with Gasteiger partial charge in [0.05, 0.1) is 5.56 Å². The van der Waals surface area contributed by atoms with Gasteiger partial charge in [0.2, 0.25) is 0 Å². The van der Waals surface area contributed by atoms with Gasteiger partial charge in [-0.15, -0.1) is 0 Å². The summed E-state index contributed by atoms with van der Waals surface area (Å²) in [6.07, 6.45) is 1.82. The third-order valence-corrected chi connectivity index (χ3v) is 1.82. The predicted molar refractivity (Wildman–Crippen MR) is 42.1 cm³/mol. The van der Waals surface area contributed by atoms with Crippen molar-refractivity contribution in [2.24, 2.45) is 0 Å². The molecule has 0 aliphatic heterocycles. The highest BCUT2D eigenvalue weighted by Crippen LogP contribution is 2.19. The predicted octanol–water partition coefficient (Wildman–Crippen LogP) is 1.68. The number of aryl methyl sites for hydroxylation is 1. The van der Waals surface area contributed by atoms with Crippen molar-refractivity contribution in [3.63, 3.8) is 0 Å². The van der Waals surface area contributed by atoms with Gasteiger partial charge in [-0.25, -0.2) is 0 Å². The molecule has 2 rings (SSSR count). The fourth-order valence-electron chi connectivity index (χ4n) is 1.28. The highest BCUT2D eigenvalue weighted by Gasteiger charge is 2.06. The van der Waals surface area contributed by atoms with Gasteiger partial charge in [-0.1, -0.05) is 0 Å². The maximum absolute atomic E-state index is 8.74. The molecule has 0 aliphatic carbocycles. The van der Waals surface area contributed by atoms with Crippen LogP contribution < -0.4 is 0 Å². The number of hydrogen-bond donors (Lipinski definition) is 2. The molecule has 0 radical (unpaired) electrons. The van der Waals surface area contributed by atoms with Crippen LogP contribution >= 0.6 is 0 Å². The summed E-state index contributed by atoms with van der Waals surface area (Å²) < 4.78 is 0. The molecule has 0 amide bonds. The quantitative estimate of drug-likeness (QED) is 0.582. The first-order chi connectivity index (χ1) is 5.33. The average molecular weight is 145 g/mol. The SMILES string of the molecule is Cc1[nH]c2[nH]ccc2c1C#N. The van der Waals surface area contributed by atoms with E-state index in [1.54, 1.807) is 0 Å². The molecule has 0 saturated heterocycles. The van der Waals surface area contributed by atoms with Gasteiger partial charge in [0.15, 0.2) is 0 Å². The summed E-state index contributed by atoms with van der Waals surface area (Å²) in [7, 11) is 0. The molecular weight excluding hydrogens is 138 g/mol. The highest BCUT2D eigenvalue weighted by atomic mass is 14.9. The standard InChI is InChI=1S/C8H7N3/c1-5-7(4-9)6-2-3-10-8(6)11-5/h2-3,10-11H,1H3. The molecule has 0 aromatic carbocycles. The van der Waals surface area contributed by atoms with Crippen molar-refractivity contribution >= 4 is 11.0 Å². The first-order valence-corrected chi connectivity index (χ1v) is 3.38. The first-order valence-electron chi connectivity index (χ1n) is 3.38. The minimum absolute atomic E-state index is 0.737. The van der Waals surface area contributed by atoms with Crippen molar-refractivity contribution in [3.8, 4) is 6.07 Å². The van der Waals surface area contributed by atoms with E-state index in [0.29, 0.717) is 0 Å². The number of nitrogens with zero attached hydrogens (tertiary/aromatic N) is 1. The minimum Gasteiger partial charge on any atom is -0.348 e. The zero-order valence-electron chi connectivity index (χ0n) is 6.10. The summed E-state index contributed by atoms with van der Waals surface area (Å²) in [5.74, 6) is 0. The van der Waals surface area contributed by atoms with Gasteiger partial charge in [-0.2, -0.15) is 5.26 Å². The number of hydrogen-bond acceptors (Lipinski definition) is 1. The molecule has 3 nitrogen and oxygen atoms in total. The maximum atomic E-state index is 8.74. The van der Waals surface area contributed by atoms with Crippen molar-refractivity contribution in [1.82, 2.24) is 9.97 Å². The van der Waals surface area contributed by atoms with E-state index in [-0.39, 0.29) is 0 Å². The molecule has 2 N–H and O–H groups in total. The molecule has 0 atom stereocenters. The summed E-state index contributed by atoms with van der Waals surface area (Å²) in [5.41, 5.74) is 2.59. The van der Waals surface area contributed by atoms with E-state index >= 15 is 0 Å². The Morgan fingerprint density at radius 3 is 3.09 bits per heavy atom. The largest absolute Gasteiger partial charge is 0.348 e. The van der Waals surface area contributed by atoms with Crippen molar-refractivity contribution in [2.75, 3.05) is 0 Å². The molecular formula is C8H7N3. The highest BCUT2D eigenvalue weighted by molar-refractivity contribution is 5.84. The number of aromatic amines is 2. The normalized spacial score (nSPS) is 10.2. The molecule has 0 saturated carbocycles. The maximum Gasteiger partial charge on any atom is 0.116 e. The Morgan fingerprint density at radius 2 is 2.36 bits per heavy atom. The van der Waals surface area contributed by atoms with E-state index in [1.807, 2.05) is 19.2 Å². The minimum atomic E-state index is 0.737. The van der Waals surface area contributed by atoms with E-state index in [0.717, 1.165) is 22.3 Å². The Hall–Kier alpha value is -1.69. The zero-order valence-corrected chi connectivity index (χ0v) is 6.10. The summed E-state index contributed by atoms with van der Waals surface area (Å²) in [6, 6.07) is 4.05. The van der Waals surface area contributed by atoms with Crippen LogP contribution in [0.1, 0.15) is 11.3 Å². The van der Waals surface area contributed by atoms with Crippen molar-refractivity contribution in [3.05, 3.63) is 23.5 Å². The fraction of sp³-hybridized carbons (Fsp3) is 0.125. The first kappa shape index (κ1) is 6.05. The molecule has 0 bridgehead atoms. The van der Waals surface area contributed by atoms with Crippen LogP contribution in [0.15, 0.2) is 12.3 Å². The van der Waals surface area contributed by atoms with E-state index in [9.17, 15) is 0 Å². The van der Waals surface area contributed by atoms with Crippen molar-refractivity contribution < 1.29 is 0 Å². The fourth-order valence-corrected chi connectivity index (χ4v) is 1.28. The lowest BCUT2D eigenvalue weighted by molar-refractivity contribution is 1.24. The average Bonchev–Trinajstić information content (AvgIpc) is 2.46. The van der Waals surface area contributed by atoms with Crippen LogP contribution in [0.4, 0.5) is 0 Å². The third-order valence-electron chi connectivity index (χ3n) is 1.82. The van der Waals surface area contributed by atoms with Crippen LogP contribution in [-0.2, 0) is 0 Å². The van der Waals surface area contributed by atoms with Crippen LogP contribution in [0.5, 0.6) is 0 Å². The van der Waals surface area contributed by atoms with Gasteiger partial charge < -0.3 is 9.97 Å². The number of nitrogens with one attached hydrogen (secondary N) is 2. The molecule has 0 spiro atoms. The van der Waals surface area contributed by atoms with Crippen LogP contribution in [0.25, 0.3) is 11.0 Å². The Balaban J connectivity index is 2.94. The van der Waals surface area contributed by atoms with Gasteiger partial charge in [-0.3, -0.25) is 0 Å². The molecule has 2 heterocycles. The monoisotopic (exact) mass is 145 g/mol. The van der Waals surface area contributed by atoms with Crippen LogP contribution in [-0.4, -0.2) is 9.97 Å². The number of fused-ring (bicyclic) bond motifs is 1. The molecule has 54 valence electrons. The molecule has 0 fully saturated rings. The summed E-state index contributed by atoms with van der Waals surface area (Å²) >= 11 is 0. The Morgan fingerprint density at radius 1 is 1.55 bits per heavy atom.